The number of aliphatic hydroxyl groups is 1. The molecule has 1 N–H and O–H groups in total. The molecule has 1 aromatic carbocycles. The average Bonchev–Trinajstić information content (AvgIpc) is 3.14. The van der Waals surface area contributed by atoms with Gasteiger partial charge in [-0.2, -0.15) is 5.10 Å². The predicted molar refractivity (Wildman–Crippen MR) is 113 cm³/mol. The summed E-state index contributed by atoms with van der Waals surface area (Å²) in [5, 5.41) is 14.9. The number of hydrogen-bond acceptors (Lipinski definition) is 4. The fraction of sp³-hybridized carbons (Fsp3) is 0.174. The average molecular weight is 370 g/mol. The second kappa shape index (κ2) is 7.74. The third kappa shape index (κ3) is 3.21. The van der Waals surface area contributed by atoms with E-state index in [0.717, 1.165) is 51.1 Å². The normalized spacial score (nSPS) is 11.5. The quantitative estimate of drug-likeness (QED) is 0.562. The Morgan fingerprint density at radius 2 is 1.89 bits per heavy atom. The van der Waals surface area contributed by atoms with E-state index >= 15 is 0 Å². The van der Waals surface area contributed by atoms with Crippen molar-refractivity contribution in [2.45, 2.75) is 20.4 Å². The van der Waals surface area contributed by atoms with Crippen LogP contribution in [0.5, 0.6) is 0 Å². The highest BCUT2D eigenvalue weighted by Crippen LogP contribution is 2.37. The van der Waals surface area contributed by atoms with Gasteiger partial charge in [-0.25, -0.2) is 9.67 Å². The smallest absolute Gasteiger partial charge is 0.159 e. The van der Waals surface area contributed by atoms with E-state index in [-0.39, 0.29) is 6.61 Å². The molecule has 0 saturated heterocycles. The number of benzene rings is 1. The van der Waals surface area contributed by atoms with E-state index in [0.29, 0.717) is 0 Å². The van der Waals surface area contributed by atoms with Crippen LogP contribution in [-0.2, 0) is 6.54 Å². The molecule has 0 saturated carbocycles. The molecule has 4 rings (SSSR count). The monoisotopic (exact) mass is 370 g/mol. The summed E-state index contributed by atoms with van der Waals surface area (Å²) in [4.78, 5) is 9.38. The number of aryl methyl sites for hydroxylation is 2. The van der Waals surface area contributed by atoms with Crippen LogP contribution in [0.2, 0.25) is 0 Å². The lowest BCUT2D eigenvalue weighted by molar-refractivity contribution is 0.343. The Balaban J connectivity index is 2.14. The number of nitrogens with zero attached hydrogens (tertiary/aromatic N) is 4. The van der Waals surface area contributed by atoms with Crippen LogP contribution in [0.1, 0.15) is 18.1 Å². The maximum absolute atomic E-state index is 9.41. The van der Waals surface area contributed by atoms with Gasteiger partial charge in [0.1, 0.15) is 0 Å². The Morgan fingerprint density at radius 1 is 1.07 bits per heavy atom. The lowest BCUT2D eigenvalue weighted by atomic mass is 9.93. The van der Waals surface area contributed by atoms with Gasteiger partial charge >= 0.3 is 0 Å². The summed E-state index contributed by atoms with van der Waals surface area (Å²) in [5.74, 6) is 0. The number of pyridine rings is 2. The van der Waals surface area contributed by atoms with Crippen molar-refractivity contribution in [1.82, 2.24) is 19.7 Å². The van der Waals surface area contributed by atoms with Crippen molar-refractivity contribution in [1.29, 1.82) is 0 Å². The molecule has 0 atom stereocenters. The highest BCUT2D eigenvalue weighted by Gasteiger charge is 2.19. The number of rotatable bonds is 5. The van der Waals surface area contributed by atoms with E-state index in [1.54, 1.807) is 6.08 Å². The van der Waals surface area contributed by atoms with E-state index in [1.807, 2.05) is 54.5 Å². The number of fused-ring (bicyclic) bond motifs is 1. The van der Waals surface area contributed by atoms with Crippen molar-refractivity contribution in [3.63, 3.8) is 0 Å². The zero-order valence-corrected chi connectivity index (χ0v) is 16.0. The molecular formula is C23H22N4O. The van der Waals surface area contributed by atoms with Crippen LogP contribution in [0.25, 0.3) is 39.5 Å². The number of aromatic nitrogens is 4. The SMILES string of the molecule is CCn1ncc2c(-c3cncc(C)c3)c(C=CCO)c(-c3ccccc3)nc21. The van der Waals surface area contributed by atoms with Gasteiger partial charge in [0.2, 0.25) is 0 Å². The van der Waals surface area contributed by atoms with Gasteiger partial charge in [-0.1, -0.05) is 42.5 Å². The van der Waals surface area contributed by atoms with Crippen LogP contribution >= 0.6 is 0 Å². The minimum atomic E-state index is -0.0357. The first kappa shape index (κ1) is 18.1. The first-order valence-corrected chi connectivity index (χ1v) is 9.37. The zero-order valence-electron chi connectivity index (χ0n) is 16.0. The fourth-order valence-corrected chi connectivity index (χ4v) is 3.49. The van der Waals surface area contributed by atoms with Crippen LogP contribution in [-0.4, -0.2) is 31.5 Å². The van der Waals surface area contributed by atoms with Gasteiger partial charge in [-0.05, 0) is 25.5 Å². The van der Waals surface area contributed by atoms with E-state index in [1.165, 1.54) is 0 Å². The zero-order chi connectivity index (χ0) is 19.5. The molecule has 0 aliphatic rings. The first-order chi connectivity index (χ1) is 13.7. The van der Waals surface area contributed by atoms with Gasteiger partial charge in [0.05, 0.1) is 18.5 Å². The highest BCUT2D eigenvalue weighted by atomic mass is 16.2. The molecule has 3 aromatic heterocycles. The Bertz CT molecular complexity index is 1150. The lowest BCUT2D eigenvalue weighted by Crippen LogP contribution is -2.01. The third-order valence-electron chi connectivity index (χ3n) is 4.72. The largest absolute Gasteiger partial charge is 0.392 e. The minimum absolute atomic E-state index is 0.0357. The van der Waals surface area contributed by atoms with Crippen molar-refractivity contribution >= 4 is 17.1 Å². The summed E-state index contributed by atoms with van der Waals surface area (Å²) in [7, 11) is 0. The van der Waals surface area contributed by atoms with Crippen LogP contribution in [0, 0.1) is 6.92 Å². The Morgan fingerprint density at radius 3 is 2.61 bits per heavy atom. The maximum Gasteiger partial charge on any atom is 0.159 e. The van der Waals surface area contributed by atoms with Crippen LogP contribution in [0.15, 0.2) is 61.1 Å². The van der Waals surface area contributed by atoms with Crippen molar-refractivity contribution in [3.8, 4) is 22.4 Å². The molecule has 0 aliphatic heterocycles. The Kier molecular flexibility index (Phi) is 5.00. The van der Waals surface area contributed by atoms with Gasteiger partial charge in [0, 0.05) is 46.6 Å². The summed E-state index contributed by atoms with van der Waals surface area (Å²) < 4.78 is 1.91. The second-order valence-corrected chi connectivity index (χ2v) is 6.65. The van der Waals surface area contributed by atoms with Crippen molar-refractivity contribution in [3.05, 3.63) is 72.2 Å². The molecule has 0 bridgehead atoms. The Labute approximate surface area is 164 Å². The molecule has 28 heavy (non-hydrogen) atoms. The molecule has 140 valence electrons. The molecule has 0 radical (unpaired) electrons. The Hall–Kier alpha value is -3.31. The summed E-state index contributed by atoms with van der Waals surface area (Å²) in [6.07, 6.45) is 9.27. The first-order valence-electron chi connectivity index (χ1n) is 9.37. The second-order valence-electron chi connectivity index (χ2n) is 6.65. The van der Waals surface area contributed by atoms with Crippen molar-refractivity contribution in [2.75, 3.05) is 6.61 Å². The van der Waals surface area contributed by atoms with E-state index < -0.39 is 0 Å². The van der Waals surface area contributed by atoms with Crippen LogP contribution in [0.3, 0.4) is 0 Å². The van der Waals surface area contributed by atoms with Crippen LogP contribution < -0.4 is 0 Å². The molecule has 0 fully saturated rings. The van der Waals surface area contributed by atoms with E-state index in [9.17, 15) is 5.11 Å². The van der Waals surface area contributed by atoms with Crippen molar-refractivity contribution in [2.24, 2.45) is 0 Å². The molecule has 5 nitrogen and oxygen atoms in total. The van der Waals surface area contributed by atoms with E-state index in [4.69, 9.17) is 4.98 Å². The molecule has 5 heteroatoms. The molecular weight excluding hydrogens is 348 g/mol. The fourth-order valence-electron chi connectivity index (χ4n) is 3.49. The van der Waals surface area contributed by atoms with Crippen LogP contribution in [0.4, 0.5) is 0 Å². The van der Waals surface area contributed by atoms with Gasteiger partial charge in [0.15, 0.2) is 5.65 Å². The van der Waals surface area contributed by atoms with Gasteiger partial charge in [-0.15, -0.1) is 0 Å². The number of aliphatic hydroxyl groups excluding tert-OH is 1. The molecule has 0 aliphatic carbocycles. The molecule has 0 amide bonds. The van der Waals surface area contributed by atoms with Gasteiger partial charge < -0.3 is 5.11 Å². The molecule has 0 spiro atoms. The van der Waals surface area contributed by atoms with Gasteiger partial charge in [0.25, 0.3) is 0 Å². The topological polar surface area (TPSA) is 63.8 Å². The highest BCUT2D eigenvalue weighted by molar-refractivity contribution is 6.01. The number of hydrogen-bond donors (Lipinski definition) is 1. The third-order valence-corrected chi connectivity index (χ3v) is 4.72. The summed E-state index contributed by atoms with van der Waals surface area (Å²) in [6.45, 7) is 4.80. The molecule has 3 heterocycles. The molecule has 4 aromatic rings. The predicted octanol–water partition coefficient (Wildman–Crippen LogP) is 4.49. The summed E-state index contributed by atoms with van der Waals surface area (Å²) in [6, 6.07) is 12.2. The summed E-state index contributed by atoms with van der Waals surface area (Å²) >= 11 is 0. The molecule has 0 unspecified atom stereocenters. The van der Waals surface area contributed by atoms with E-state index in [2.05, 4.69) is 35.2 Å². The minimum Gasteiger partial charge on any atom is -0.392 e. The lowest BCUT2D eigenvalue weighted by Gasteiger charge is -2.14. The van der Waals surface area contributed by atoms with Crippen molar-refractivity contribution < 1.29 is 5.11 Å². The summed E-state index contributed by atoms with van der Waals surface area (Å²) in [5.41, 5.74) is 6.82. The maximum atomic E-state index is 9.41. The van der Waals surface area contributed by atoms with Gasteiger partial charge in [-0.3, -0.25) is 4.98 Å². The standard InChI is InChI=1S/C23H22N4O/c1-3-27-23-20(15-25-27)21(18-12-16(2)13-24-14-18)19(10-7-11-28)22(26-23)17-8-5-4-6-9-17/h4-10,12-15,28H,3,11H2,1-2H3.